The summed E-state index contributed by atoms with van der Waals surface area (Å²) in [6, 6.07) is 18.0. The van der Waals surface area contributed by atoms with E-state index in [1.807, 2.05) is 24.3 Å². The molecule has 0 spiro atoms. The molecule has 0 saturated carbocycles. The molecule has 3 heteroatoms. The molecule has 25 heavy (non-hydrogen) atoms. The van der Waals surface area contributed by atoms with Crippen molar-refractivity contribution in [2.45, 2.75) is 56.8 Å². The second kappa shape index (κ2) is 7.33. The van der Waals surface area contributed by atoms with Crippen LogP contribution in [-0.2, 0) is 9.84 Å². The third-order valence-corrected chi connectivity index (χ3v) is 7.81. The molecule has 0 N–H and O–H groups in total. The van der Waals surface area contributed by atoms with Gasteiger partial charge in [-0.2, -0.15) is 0 Å². The molecule has 1 aliphatic heterocycles. The molecule has 134 valence electrons. The number of fused-ring (bicyclic) bond motifs is 1. The molecular weight excluding hydrogens is 328 g/mol. The van der Waals surface area contributed by atoms with Gasteiger partial charge >= 0.3 is 0 Å². The molecule has 0 aromatic heterocycles. The van der Waals surface area contributed by atoms with Crippen molar-refractivity contribution in [2.24, 2.45) is 5.41 Å². The number of hydrogen-bond donors (Lipinski definition) is 0. The van der Waals surface area contributed by atoms with Gasteiger partial charge in [-0.1, -0.05) is 75.2 Å². The fraction of sp³-hybridized carbons (Fsp3) is 0.455. The average molecular weight is 357 g/mol. The van der Waals surface area contributed by atoms with Crippen LogP contribution in [0.25, 0.3) is 0 Å². The molecule has 1 aliphatic rings. The average Bonchev–Trinajstić information content (AvgIpc) is 2.74. The third-order valence-electron chi connectivity index (χ3n) is 5.78. The molecule has 3 rings (SSSR count). The van der Waals surface area contributed by atoms with Crippen molar-refractivity contribution in [3.8, 4) is 0 Å². The smallest absolute Gasteiger partial charge is 0.179 e. The van der Waals surface area contributed by atoms with Crippen LogP contribution in [0, 0.1) is 5.41 Å². The maximum absolute atomic E-state index is 13.2. The number of unbranched alkanes of at least 4 members (excludes halogenated alkanes) is 1. The summed E-state index contributed by atoms with van der Waals surface area (Å²) in [4.78, 5) is 0.538. The largest absolute Gasteiger partial charge is 0.224 e. The molecule has 1 heterocycles. The lowest BCUT2D eigenvalue weighted by Gasteiger charge is -2.34. The summed E-state index contributed by atoms with van der Waals surface area (Å²) in [6.07, 6.45) is 4.98. The molecular formula is C22H28O2S. The van der Waals surface area contributed by atoms with Gasteiger partial charge in [-0.3, -0.25) is 0 Å². The molecule has 0 unspecified atom stereocenters. The zero-order valence-corrected chi connectivity index (χ0v) is 16.1. The lowest BCUT2D eigenvalue weighted by atomic mass is 9.71. The summed E-state index contributed by atoms with van der Waals surface area (Å²) in [5.74, 6) is 0.420. The van der Waals surface area contributed by atoms with Crippen LogP contribution in [-0.4, -0.2) is 14.2 Å². The minimum Gasteiger partial charge on any atom is -0.224 e. The summed E-state index contributed by atoms with van der Waals surface area (Å²) in [7, 11) is -3.27. The van der Waals surface area contributed by atoms with Gasteiger partial charge in [-0.05, 0) is 41.9 Å². The van der Waals surface area contributed by atoms with E-state index in [2.05, 4.69) is 38.1 Å². The van der Waals surface area contributed by atoms with Gasteiger partial charge in [0.15, 0.2) is 9.84 Å². The Labute approximate surface area is 152 Å². The fourth-order valence-corrected chi connectivity index (χ4v) is 6.55. The highest BCUT2D eigenvalue weighted by molar-refractivity contribution is 7.91. The number of hydrogen-bond acceptors (Lipinski definition) is 2. The minimum atomic E-state index is -3.27. The normalized spacial score (nSPS) is 25.1. The van der Waals surface area contributed by atoms with E-state index in [4.69, 9.17) is 0 Å². The van der Waals surface area contributed by atoms with E-state index in [0.717, 1.165) is 37.7 Å². The molecule has 0 saturated heterocycles. The molecule has 0 aliphatic carbocycles. The van der Waals surface area contributed by atoms with Crippen LogP contribution in [0.3, 0.4) is 0 Å². The van der Waals surface area contributed by atoms with Gasteiger partial charge in [0.2, 0.25) is 0 Å². The van der Waals surface area contributed by atoms with Crippen molar-refractivity contribution in [1.29, 1.82) is 0 Å². The lowest BCUT2D eigenvalue weighted by Crippen LogP contribution is -2.29. The minimum absolute atomic E-state index is 0.144. The Bertz CT molecular complexity index is 811. The monoisotopic (exact) mass is 356 g/mol. The van der Waals surface area contributed by atoms with Crippen molar-refractivity contribution in [2.75, 3.05) is 5.75 Å². The quantitative estimate of drug-likeness (QED) is 0.700. The highest BCUT2D eigenvalue weighted by atomic mass is 32.2. The van der Waals surface area contributed by atoms with Crippen molar-refractivity contribution in [3.63, 3.8) is 0 Å². The van der Waals surface area contributed by atoms with Crippen molar-refractivity contribution < 1.29 is 8.42 Å². The van der Waals surface area contributed by atoms with Gasteiger partial charge in [0.05, 0.1) is 10.6 Å². The first-order valence-electron chi connectivity index (χ1n) is 9.38. The van der Waals surface area contributed by atoms with Crippen molar-refractivity contribution >= 4 is 9.84 Å². The van der Waals surface area contributed by atoms with Crippen LogP contribution in [0.2, 0.25) is 0 Å². The van der Waals surface area contributed by atoms with Gasteiger partial charge in [0.1, 0.15) is 0 Å². The van der Waals surface area contributed by atoms with Crippen molar-refractivity contribution in [3.05, 3.63) is 65.7 Å². The second-order valence-electron chi connectivity index (χ2n) is 7.42. The van der Waals surface area contributed by atoms with Crippen LogP contribution in [0.1, 0.15) is 63.0 Å². The predicted molar refractivity (Wildman–Crippen MR) is 104 cm³/mol. The van der Waals surface area contributed by atoms with E-state index in [1.165, 1.54) is 5.56 Å². The Hall–Kier alpha value is -1.61. The summed E-state index contributed by atoms with van der Waals surface area (Å²) < 4.78 is 26.4. The summed E-state index contributed by atoms with van der Waals surface area (Å²) in [5.41, 5.74) is 2.05. The Morgan fingerprint density at radius 2 is 1.68 bits per heavy atom. The van der Waals surface area contributed by atoms with Crippen molar-refractivity contribution in [1.82, 2.24) is 0 Å². The number of benzene rings is 2. The molecule has 0 amide bonds. The number of rotatable bonds is 5. The Morgan fingerprint density at radius 1 is 1.00 bits per heavy atom. The van der Waals surface area contributed by atoms with Crippen LogP contribution in [0.4, 0.5) is 0 Å². The van der Waals surface area contributed by atoms with Gasteiger partial charge in [-0.25, -0.2) is 8.42 Å². The fourth-order valence-electron chi connectivity index (χ4n) is 4.27. The Balaban J connectivity index is 2.17. The molecule has 0 fully saturated rings. The summed E-state index contributed by atoms with van der Waals surface area (Å²) in [5, 5.41) is 0. The number of sulfone groups is 1. The van der Waals surface area contributed by atoms with Crippen LogP contribution in [0.15, 0.2) is 59.5 Å². The van der Waals surface area contributed by atoms with E-state index in [9.17, 15) is 8.42 Å². The molecule has 0 radical (unpaired) electrons. The highest BCUT2D eigenvalue weighted by Gasteiger charge is 2.41. The SMILES string of the molecule is CCCC[C@@]1(CC)C[C@H](c2ccccc2)c2ccccc2S(=O)(=O)C1. The zero-order valence-electron chi connectivity index (χ0n) is 15.2. The first kappa shape index (κ1) is 18.2. The third kappa shape index (κ3) is 3.67. The summed E-state index contributed by atoms with van der Waals surface area (Å²) in [6.45, 7) is 4.33. The summed E-state index contributed by atoms with van der Waals surface area (Å²) >= 11 is 0. The lowest BCUT2D eigenvalue weighted by molar-refractivity contribution is 0.247. The predicted octanol–water partition coefficient (Wildman–Crippen LogP) is 5.58. The Morgan fingerprint density at radius 3 is 2.36 bits per heavy atom. The maximum Gasteiger partial charge on any atom is 0.179 e. The molecule has 2 atom stereocenters. The molecule has 0 bridgehead atoms. The molecule has 2 aromatic carbocycles. The van der Waals surface area contributed by atoms with E-state index in [-0.39, 0.29) is 17.1 Å². The van der Waals surface area contributed by atoms with Crippen LogP contribution >= 0.6 is 0 Å². The zero-order chi connectivity index (χ0) is 17.9. The van der Waals surface area contributed by atoms with E-state index in [1.54, 1.807) is 6.07 Å². The highest BCUT2D eigenvalue weighted by Crippen LogP contribution is 2.48. The van der Waals surface area contributed by atoms with E-state index >= 15 is 0 Å². The van der Waals surface area contributed by atoms with E-state index in [0.29, 0.717) is 4.90 Å². The first-order chi connectivity index (χ1) is 12.0. The van der Waals surface area contributed by atoms with Gasteiger partial charge in [-0.15, -0.1) is 0 Å². The maximum atomic E-state index is 13.2. The van der Waals surface area contributed by atoms with E-state index < -0.39 is 9.84 Å². The molecule has 2 aromatic rings. The topological polar surface area (TPSA) is 34.1 Å². The first-order valence-corrected chi connectivity index (χ1v) is 11.0. The molecule has 2 nitrogen and oxygen atoms in total. The van der Waals surface area contributed by atoms with Crippen LogP contribution < -0.4 is 0 Å². The van der Waals surface area contributed by atoms with Gasteiger partial charge < -0.3 is 0 Å². The van der Waals surface area contributed by atoms with Crippen LogP contribution in [0.5, 0.6) is 0 Å². The van der Waals surface area contributed by atoms with Gasteiger partial charge in [0.25, 0.3) is 0 Å². The second-order valence-corrected chi connectivity index (χ2v) is 9.38. The Kier molecular flexibility index (Phi) is 5.33. The standard InChI is InChI=1S/C22H28O2S/c1-3-5-15-22(4-2)16-20(18-11-7-6-8-12-18)19-13-9-10-14-21(19)25(23,24)17-22/h6-14,20H,3-5,15-17H2,1-2H3/t20-,22+/m1/s1. The van der Waals surface area contributed by atoms with Gasteiger partial charge in [0, 0.05) is 5.92 Å².